The van der Waals surface area contributed by atoms with Crippen molar-refractivity contribution < 1.29 is 9.90 Å². The van der Waals surface area contributed by atoms with Crippen LogP contribution in [0.2, 0.25) is 0 Å². The summed E-state index contributed by atoms with van der Waals surface area (Å²) in [6.07, 6.45) is 2.62. The molecule has 0 saturated heterocycles. The fraction of sp³-hybridized carbons (Fsp3) is 0.562. The van der Waals surface area contributed by atoms with Gasteiger partial charge in [0.2, 0.25) is 0 Å². The fourth-order valence-electron chi connectivity index (χ4n) is 3.15. The fourth-order valence-corrected chi connectivity index (χ4v) is 3.15. The van der Waals surface area contributed by atoms with Gasteiger partial charge in [-0.3, -0.25) is 0 Å². The minimum Gasteiger partial charge on any atom is -0.479 e. The molecule has 3 heteroatoms. The van der Waals surface area contributed by atoms with Crippen LogP contribution in [0.5, 0.6) is 0 Å². The Bertz CT molecular complexity index is 472. The van der Waals surface area contributed by atoms with Crippen molar-refractivity contribution in [2.24, 2.45) is 11.8 Å². The second kappa shape index (κ2) is 5.24. The molecule has 0 aliphatic heterocycles. The van der Waals surface area contributed by atoms with Crippen molar-refractivity contribution in [3.05, 3.63) is 29.8 Å². The monoisotopic (exact) mass is 261 g/mol. The Morgan fingerprint density at radius 1 is 1.37 bits per heavy atom. The van der Waals surface area contributed by atoms with E-state index in [1.54, 1.807) is 0 Å². The highest BCUT2D eigenvalue weighted by molar-refractivity contribution is 5.83. The quantitative estimate of drug-likeness (QED) is 0.872. The topological polar surface area (TPSA) is 49.3 Å². The van der Waals surface area contributed by atoms with Crippen molar-refractivity contribution in [2.75, 3.05) is 5.32 Å². The van der Waals surface area contributed by atoms with Gasteiger partial charge in [0.15, 0.2) is 0 Å². The lowest BCUT2D eigenvalue weighted by Gasteiger charge is -2.42. The number of carbonyl (C=O) groups is 1. The van der Waals surface area contributed by atoms with E-state index in [0.29, 0.717) is 12.3 Å². The zero-order chi connectivity index (χ0) is 14.0. The molecule has 104 valence electrons. The minimum absolute atomic E-state index is 0.133. The zero-order valence-corrected chi connectivity index (χ0v) is 11.9. The molecule has 0 amide bonds. The Kier molecular flexibility index (Phi) is 3.83. The minimum atomic E-state index is -0.821. The van der Waals surface area contributed by atoms with Gasteiger partial charge in [0.05, 0.1) is 0 Å². The Morgan fingerprint density at radius 3 is 2.63 bits per heavy atom. The maximum absolute atomic E-state index is 11.8. The van der Waals surface area contributed by atoms with E-state index in [1.807, 2.05) is 31.2 Å². The number of aryl methyl sites for hydroxylation is 1. The first-order valence-corrected chi connectivity index (χ1v) is 7.03. The normalized spacial score (nSPS) is 30.9. The molecule has 0 spiro atoms. The number of hydrogen-bond donors (Lipinski definition) is 2. The Morgan fingerprint density at radius 2 is 2.05 bits per heavy atom. The summed E-state index contributed by atoms with van der Waals surface area (Å²) in [6, 6.07) is 7.89. The van der Waals surface area contributed by atoms with Gasteiger partial charge in [-0.15, -0.1) is 0 Å². The Balaban J connectivity index is 2.31. The van der Waals surface area contributed by atoms with Crippen LogP contribution in [-0.4, -0.2) is 16.6 Å². The van der Waals surface area contributed by atoms with Crippen molar-refractivity contribution in [3.8, 4) is 0 Å². The zero-order valence-electron chi connectivity index (χ0n) is 11.9. The van der Waals surface area contributed by atoms with Crippen LogP contribution in [0.1, 0.15) is 38.7 Å². The lowest BCUT2D eigenvalue weighted by atomic mass is 9.69. The van der Waals surface area contributed by atoms with Crippen LogP contribution in [-0.2, 0) is 4.79 Å². The summed E-state index contributed by atoms with van der Waals surface area (Å²) in [5.74, 6) is 0.0182. The molecular formula is C16H23NO2. The summed E-state index contributed by atoms with van der Waals surface area (Å²) in [5.41, 5.74) is 1.21. The van der Waals surface area contributed by atoms with Crippen LogP contribution < -0.4 is 5.32 Å². The van der Waals surface area contributed by atoms with Crippen molar-refractivity contribution in [3.63, 3.8) is 0 Å². The summed E-state index contributed by atoms with van der Waals surface area (Å²) >= 11 is 0. The SMILES string of the molecule is Cc1ccccc1NC1(C(=O)O)CCC(C)CC1C. The number of anilines is 1. The van der Waals surface area contributed by atoms with Crippen molar-refractivity contribution in [2.45, 2.75) is 45.6 Å². The van der Waals surface area contributed by atoms with E-state index in [0.717, 1.165) is 24.1 Å². The molecule has 3 unspecified atom stereocenters. The van der Waals surface area contributed by atoms with Crippen LogP contribution in [0.3, 0.4) is 0 Å². The maximum atomic E-state index is 11.8. The number of nitrogens with one attached hydrogen (secondary N) is 1. The van der Waals surface area contributed by atoms with E-state index in [1.165, 1.54) is 0 Å². The van der Waals surface area contributed by atoms with E-state index in [9.17, 15) is 9.90 Å². The second-order valence-electron chi connectivity index (χ2n) is 6.00. The van der Waals surface area contributed by atoms with Gasteiger partial charge in [-0.1, -0.05) is 32.0 Å². The summed E-state index contributed by atoms with van der Waals surface area (Å²) in [7, 11) is 0. The number of rotatable bonds is 3. The highest BCUT2D eigenvalue weighted by Crippen LogP contribution is 2.39. The largest absolute Gasteiger partial charge is 0.479 e. The van der Waals surface area contributed by atoms with Gasteiger partial charge in [0, 0.05) is 5.69 Å². The van der Waals surface area contributed by atoms with Crippen LogP contribution in [0.25, 0.3) is 0 Å². The molecule has 1 fully saturated rings. The molecule has 3 atom stereocenters. The second-order valence-corrected chi connectivity index (χ2v) is 6.00. The van der Waals surface area contributed by atoms with Crippen LogP contribution in [0.15, 0.2) is 24.3 Å². The van der Waals surface area contributed by atoms with Crippen molar-refractivity contribution in [1.29, 1.82) is 0 Å². The number of aliphatic carboxylic acids is 1. The molecule has 0 bridgehead atoms. The number of carboxylic acids is 1. The molecule has 2 N–H and O–H groups in total. The smallest absolute Gasteiger partial charge is 0.329 e. The first kappa shape index (κ1) is 13.9. The molecule has 1 aliphatic carbocycles. The van der Waals surface area contributed by atoms with Gasteiger partial charge in [0.1, 0.15) is 5.54 Å². The highest BCUT2D eigenvalue weighted by atomic mass is 16.4. The number of benzene rings is 1. The first-order chi connectivity index (χ1) is 8.95. The van der Waals surface area contributed by atoms with Crippen LogP contribution >= 0.6 is 0 Å². The lowest BCUT2D eigenvalue weighted by molar-refractivity contribution is -0.145. The van der Waals surface area contributed by atoms with E-state index in [2.05, 4.69) is 19.2 Å². The Labute approximate surface area is 115 Å². The summed E-state index contributed by atoms with van der Waals surface area (Å²) in [4.78, 5) is 11.8. The number of hydrogen-bond acceptors (Lipinski definition) is 2. The van der Waals surface area contributed by atoms with Crippen molar-refractivity contribution in [1.82, 2.24) is 0 Å². The molecule has 3 nitrogen and oxygen atoms in total. The first-order valence-electron chi connectivity index (χ1n) is 7.03. The van der Waals surface area contributed by atoms with Gasteiger partial charge < -0.3 is 10.4 Å². The predicted molar refractivity (Wildman–Crippen MR) is 77.3 cm³/mol. The highest BCUT2D eigenvalue weighted by Gasteiger charge is 2.46. The molecule has 19 heavy (non-hydrogen) atoms. The molecule has 1 aliphatic rings. The van der Waals surface area contributed by atoms with Gasteiger partial charge in [-0.05, 0) is 49.7 Å². The van der Waals surface area contributed by atoms with Crippen molar-refractivity contribution >= 4 is 11.7 Å². The maximum Gasteiger partial charge on any atom is 0.329 e. The van der Waals surface area contributed by atoms with E-state index in [-0.39, 0.29) is 5.92 Å². The van der Waals surface area contributed by atoms with E-state index >= 15 is 0 Å². The van der Waals surface area contributed by atoms with Crippen LogP contribution in [0, 0.1) is 18.8 Å². The molecule has 0 aromatic heterocycles. The standard InChI is InChI=1S/C16H23NO2/c1-11-8-9-16(15(18)19,13(3)10-11)17-14-7-5-4-6-12(14)2/h4-7,11,13,17H,8-10H2,1-3H3,(H,18,19). The molecule has 0 heterocycles. The number of para-hydroxylation sites is 1. The summed E-state index contributed by atoms with van der Waals surface area (Å²) in [5, 5.41) is 13.1. The average Bonchev–Trinajstić information content (AvgIpc) is 2.35. The molecular weight excluding hydrogens is 238 g/mol. The van der Waals surface area contributed by atoms with Crippen LogP contribution in [0.4, 0.5) is 5.69 Å². The van der Waals surface area contributed by atoms with Gasteiger partial charge in [0.25, 0.3) is 0 Å². The molecule has 1 saturated carbocycles. The molecule has 1 aromatic rings. The third-order valence-electron chi connectivity index (χ3n) is 4.51. The third kappa shape index (κ3) is 2.60. The van der Waals surface area contributed by atoms with Gasteiger partial charge in [-0.25, -0.2) is 4.79 Å². The van der Waals surface area contributed by atoms with E-state index < -0.39 is 11.5 Å². The Hall–Kier alpha value is -1.51. The number of carboxylic acid groups (broad SMARTS) is 1. The third-order valence-corrected chi connectivity index (χ3v) is 4.51. The molecule has 1 aromatic carbocycles. The molecule has 0 radical (unpaired) electrons. The van der Waals surface area contributed by atoms with E-state index in [4.69, 9.17) is 0 Å². The van der Waals surface area contributed by atoms with Gasteiger partial charge in [-0.2, -0.15) is 0 Å². The lowest BCUT2D eigenvalue weighted by Crippen LogP contribution is -2.54. The summed E-state index contributed by atoms with van der Waals surface area (Å²) in [6.45, 7) is 6.26. The van der Waals surface area contributed by atoms with Gasteiger partial charge >= 0.3 is 5.97 Å². The predicted octanol–water partition coefficient (Wildman–Crippen LogP) is 3.69. The summed E-state index contributed by atoms with van der Waals surface area (Å²) < 4.78 is 0. The molecule has 2 rings (SSSR count). The average molecular weight is 261 g/mol.